The first kappa shape index (κ1) is 15.0. The molecule has 124 valence electrons. The molecule has 0 aromatic heterocycles. The maximum Gasteiger partial charge on any atom is 0.226 e. The van der Waals surface area contributed by atoms with Gasteiger partial charge in [-0.25, -0.2) is 0 Å². The van der Waals surface area contributed by atoms with Crippen LogP contribution in [0.4, 0.5) is 0 Å². The molecule has 1 N–H and O–H groups in total. The average Bonchev–Trinajstić information content (AvgIpc) is 2.37. The zero-order chi connectivity index (χ0) is 15.6. The van der Waals surface area contributed by atoms with Crippen LogP contribution in [-0.4, -0.2) is 37.0 Å². The highest BCUT2D eigenvalue weighted by Crippen LogP contribution is 2.69. The van der Waals surface area contributed by atoms with Crippen LogP contribution in [0.3, 0.4) is 0 Å². The molecule has 22 heavy (non-hydrogen) atoms. The minimum absolute atomic E-state index is 0.0355. The van der Waals surface area contributed by atoms with Crippen molar-refractivity contribution >= 4 is 5.91 Å². The van der Waals surface area contributed by atoms with E-state index < -0.39 is 0 Å². The Hall–Kier alpha value is -0.570. The highest BCUT2D eigenvalue weighted by atomic mass is 16.2. The second kappa shape index (κ2) is 4.72. The number of likely N-dealkylation sites (tertiary alicyclic amines) is 1. The fourth-order valence-electron chi connectivity index (χ4n) is 7.19. The summed E-state index contributed by atoms with van der Waals surface area (Å²) >= 11 is 0. The average molecular weight is 304 g/mol. The SMILES string of the molecule is CN1CCC(NC(=O)C23CC4CC(C)(CC(C)(C4)C2)C3)CC1. The fraction of sp³-hybridized carbons (Fsp3) is 0.947. The van der Waals surface area contributed by atoms with Gasteiger partial charge < -0.3 is 10.2 Å². The Labute approximate surface area is 135 Å². The molecule has 1 amide bonds. The van der Waals surface area contributed by atoms with Gasteiger partial charge in [0.1, 0.15) is 0 Å². The first-order valence-corrected chi connectivity index (χ1v) is 9.30. The number of carbonyl (C=O) groups excluding carboxylic acids is 1. The van der Waals surface area contributed by atoms with Gasteiger partial charge in [0.2, 0.25) is 5.91 Å². The van der Waals surface area contributed by atoms with E-state index in [0.717, 1.165) is 51.1 Å². The zero-order valence-electron chi connectivity index (χ0n) is 14.6. The summed E-state index contributed by atoms with van der Waals surface area (Å²) in [5.74, 6) is 1.21. The number of carbonyl (C=O) groups is 1. The quantitative estimate of drug-likeness (QED) is 0.850. The lowest BCUT2D eigenvalue weighted by Crippen LogP contribution is -2.61. The fourth-order valence-corrected chi connectivity index (χ4v) is 7.19. The van der Waals surface area contributed by atoms with Crippen molar-refractivity contribution < 1.29 is 4.79 Å². The summed E-state index contributed by atoms with van der Waals surface area (Å²) in [7, 11) is 2.18. The van der Waals surface area contributed by atoms with E-state index in [1.165, 1.54) is 19.3 Å². The van der Waals surface area contributed by atoms with Crippen LogP contribution in [0.2, 0.25) is 0 Å². The third-order valence-corrected chi connectivity index (χ3v) is 7.16. The summed E-state index contributed by atoms with van der Waals surface area (Å²) in [5, 5.41) is 3.47. The van der Waals surface area contributed by atoms with Crippen molar-refractivity contribution in [3.63, 3.8) is 0 Å². The van der Waals surface area contributed by atoms with Gasteiger partial charge in [-0.15, -0.1) is 0 Å². The first-order chi connectivity index (χ1) is 10.3. The second-order valence-electron chi connectivity index (χ2n) is 9.96. The van der Waals surface area contributed by atoms with E-state index in [0.29, 0.717) is 22.8 Å². The molecular formula is C19H32N2O. The smallest absolute Gasteiger partial charge is 0.226 e. The first-order valence-electron chi connectivity index (χ1n) is 9.30. The van der Waals surface area contributed by atoms with Crippen LogP contribution in [-0.2, 0) is 4.79 Å². The molecule has 2 unspecified atom stereocenters. The highest BCUT2D eigenvalue weighted by molar-refractivity contribution is 5.83. The van der Waals surface area contributed by atoms with E-state index in [1.54, 1.807) is 0 Å². The Morgan fingerprint density at radius 3 is 2.14 bits per heavy atom. The van der Waals surface area contributed by atoms with Crippen LogP contribution in [0.15, 0.2) is 0 Å². The Morgan fingerprint density at radius 1 is 1.00 bits per heavy atom. The Morgan fingerprint density at radius 2 is 1.59 bits per heavy atom. The van der Waals surface area contributed by atoms with Crippen LogP contribution < -0.4 is 5.32 Å². The van der Waals surface area contributed by atoms with E-state index in [4.69, 9.17) is 0 Å². The van der Waals surface area contributed by atoms with Crippen LogP contribution in [0.25, 0.3) is 0 Å². The molecule has 1 saturated heterocycles. The van der Waals surface area contributed by atoms with Gasteiger partial charge in [-0.1, -0.05) is 13.8 Å². The van der Waals surface area contributed by atoms with Crippen molar-refractivity contribution in [2.24, 2.45) is 22.2 Å². The standard InChI is InChI=1S/C19H32N2O/c1-17-8-14-9-18(2,11-17)13-19(10-14,12-17)16(22)20-15-4-6-21(3)7-5-15/h14-15H,4-13H2,1-3H3,(H,20,22). The summed E-state index contributed by atoms with van der Waals surface area (Å²) in [6.07, 6.45) is 9.77. The molecule has 4 aliphatic carbocycles. The van der Waals surface area contributed by atoms with Crippen LogP contribution in [0, 0.1) is 22.2 Å². The van der Waals surface area contributed by atoms with Gasteiger partial charge in [0.05, 0.1) is 5.41 Å². The van der Waals surface area contributed by atoms with E-state index in [1.807, 2.05) is 0 Å². The molecule has 5 aliphatic rings. The number of hydrogen-bond donors (Lipinski definition) is 1. The zero-order valence-corrected chi connectivity index (χ0v) is 14.6. The van der Waals surface area contributed by atoms with Gasteiger partial charge in [-0.2, -0.15) is 0 Å². The van der Waals surface area contributed by atoms with Gasteiger partial charge in [0.25, 0.3) is 0 Å². The minimum atomic E-state index is -0.0355. The van der Waals surface area contributed by atoms with E-state index >= 15 is 0 Å². The molecule has 1 aliphatic heterocycles. The number of nitrogens with zero attached hydrogens (tertiary/aromatic N) is 1. The molecule has 5 rings (SSSR count). The summed E-state index contributed by atoms with van der Waals surface area (Å²) in [5.41, 5.74) is 0.822. The number of hydrogen-bond acceptors (Lipinski definition) is 2. The summed E-state index contributed by atoms with van der Waals surface area (Å²) in [4.78, 5) is 15.6. The number of piperidine rings is 1. The Kier molecular flexibility index (Phi) is 3.21. The molecule has 1 heterocycles. The molecule has 0 radical (unpaired) electrons. The van der Waals surface area contributed by atoms with Gasteiger partial charge >= 0.3 is 0 Å². The van der Waals surface area contributed by atoms with E-state index in [9.17, 15) is 4.79 Å². The topological polar surface area (TPSA) is 32.3 Å². The molecule has 0 aromatic rings. The van der Waals surface area contributed by atoms with Gasteiger partial charge in [0.15, 0.2) is 0 Å². The van der Waals surface area contributed by atoms with Crippen LogP contribution in [0.1, 0.15) is 65.2 Å². The van der Waals surface area contributed by atoms with E-state index in [-0.39, 0.29) is 5.41 Å². The number of nitrogens with one attached hydrogen (secondary N) is 1. The third-order valence-electron chi connectivity index (χ3n) is 7.16. The molecule has 4 saturated carbocycles. The molecule has 3 heteroatoms. The minimum Gasteiger partial charge on any atom is -0.353 e. The molecular weight excluding hydrogens is 272 g/mol. The molecule has 0 spiro atoms. The molecule has 3 nitrogen and oxygen atoms in total. The van der Waals surface area contributed by atoms with Crippen molar-refractivity contribution in [1.82, 2.24) is 10.2 Å². The van der Waals surface area contributed by atoms with Crippen molar-refractivity contribution in [3.05, 3.63) is 0 Å². The summed E-state index contributed by atoms with van der Waals surface area (Å²) < 4.78 is 0. The van der Waals surface area contributed by atoms with Crippen LogP contribution in [0.5, 0.6) is 0 Å². The largest absolute Gasteiger partial charge is 0.353 e. The van der Waals surface area contributed by atoms with Crippen molar-refractivity contribution in [2.75, 3.05) is 20.1 Å². The van der Waals surface area contributed by atoms with Gasteiger partial charge in [-0.05, 0) is 88.3 Å². The lowest BCUT2D eigenvalue weighted by atomic mass is 9.40. The third kappa shape index (κ3) is 2.40. The molecule has 0 aromatic carbocycles. The molecule has 2 atom stereocenters. The summed E-state index contributed by atoms with van der Waals surface area (Å²) in [6, 6.07) is 0.414. The highest BCUT2D eigenvalue weighted by Gasteiger charge is 2.62. The van der Waals surface area contributed by atoms with Crippen molar-refractivity contribution in [2.45, 2.75) is 71.3 Å². The Balaban J connectivity index is 1.50. The van der Waals surface area contributed by atoms with Crippen LogP contribution >= 0.6 is 0 Å². The van der Waals surface area contributed by atoms with E-state index in [2.05, 4.69) is 31.1 Å². The lowest BCUT2D eigenvalue weighted by Gasteiger charge is -2.64. The molecule has 5 fully saturated rings. The maximum absolute atomic E-state index is 13.2. The van der Waals surface area contributed by atoms with Crippen molar-refractivity contribution in [1.29, 1.82) is 0 Å². The maximum atomic E-state index is 13.2. The predicted molar refractivity (Wildman–Crippen MR) is 88.5 cm³/mol. The van der Waals surface area contributed by atoms with Gasteiger partial charge in [-0.3, -0.25) is 4.79 Å². The monoisotopic (exact) mass is 304 g/mol. The van der Waals surface area contributed by atoms with Crippen molar-refractivity contribution in [3.8, 4) is 0 Å². The Bertz CT molecular complexity index is 462. The summed E-state index contributed by atoms with van der Waals surface area (Å²) in [6.45, 7) is 7.15. The second-order valence-corrected chi connectivity index (χ2v) is 9.96. The predicted octanol–water partition coefficient (Wildman–Crippen LogP) is 3.19. The molecule has 4 bridgehead atoms. The lowest BCUT2D eigenvalue weighted by molar-refractivity contribution is -0.171. The normalized spacial score (nSPS) is 48.6. The number of rotatable bonds is 2. The number of amides is 1. The van der Waals surface area contributed by atoms with Gasteiger partial charge in [0, 0.05) is 6.04 Å².